The van der Waals surface area contributed by atoms with Crippen LogP contribution in [0.25, 0.3) is 0 Å². The average molecular weight is 165 g/mol. The number of hydrogen-bond acceptors (Lipinski definition) is 1. The Morgan fingerprint density at radius 2 is 2.00 bits per heavy atom. The first kappa shape index (κ1) is 9.61. The molecule has 2 N–H and O–H groups in total. The largest absolute Gasteiger partial charge is 0.326 e. The van der Waals surface area contributed by atoms with Crippen LogP contribution in [-0.4, -0.2) is 6.04 Å². The van der Waals surface area contributed by atoms with E-state index in [4.69, 9.17) is 5.73 Å². The third-order valence-corrected chi connectivity index (χ3v) is 3.14. The zero-order valence-corrected chi connectivity index (χ0v) is 8.19. The molecule has 0 amide bonds. The van der Waals surface area contributed by atoms with Crippen LogP contribution in [0, 0.1) is 17.3 Å². The summed E-state index contributed by atoms with van der Waals surface area (Å²) >= 11 is 0. The van der Waals surface area contributed by atoms with Gasteiger partial charge in [-0.05, 0) is 25.2 Å². The summed E-state index contributed by atoms with van der Waals surface area (Å²) in [4.78, 5) is 0. The first-order chi connectivity index (χ1) is 5.69. The summed E-state index contributed by atoms with van der Waals surface area (Å²) in [5.41, 5.74) is 6.48. The van der Waals surface area contributed by atoms with Gasteiger partial charge in [0.05, 0.1) is 0 Å². The molecule has 1 atom stereocenters. The highest BCUT2D eigenvalue weighted by atomic mass is 14.7. The van der Waals surface area contributed by atoms with E-state index < -0.39 is 0 Å². The first-order valence-corrected chi connectivity index (χ1v) is 4.84. The summed E-state index contributed by atoms with van der Waals surface area (Å²) in [6.07, 6.45) is 6.15. The molecule has 0 aromatic rings. The van der Waals surface area contributed by atoms with E-state index in [1.54, 1.807) is 0 Å². The van der Waals surface area contributed by atoms with Crippen LogP contribution in [-0.2, 0) is 0 Å². The van der Waals surface area contributed by atoms with Crippen molar-refractivity contribution in [1.29, 1.82) is 0 Å². The van der Waals surface area contributed by atoms with E-state index in [0.29, 0.717) is 5.41 Å². The van der Waals surface area contributed by atoms with Crippen LogP contribution in [0.4, 0.5) is 0 Å². The van der Waals surface area contributed by atoms with Gasteiger partial charge in [-0.25, -0.2) is 0 Å². The minimum atomic E-state index is 0.285. The average Bonchev–Trinajstić information content (AvgIpc) is 2.49. The van der Waals surface area contributed by atoms with Gasteiger partial charge in [-0.1, -0.05) is 19.8 Å². The van der Waals surface area contributed by atoms with Crippen molar-refractivity contribution in [2.24, 2.45) is 11.1 Å². The minimum Gasteiger partial charge on any atom is -0.326 e. The van der Waals surface area contributed by atoms with E-state index in [0.717, 1.165) is 6.42 Å². The minimum absolute atomic E-state index is 0.285. The van der Waals surface area contributed by atoms with Gasteiger partial charge in [-0.15, -0.1) is 11.8 Å². The molecular formula is C11H19N. The lowest BCUT2D eigenvalue weighted by molar-refractivity contribution is 0.265. The third kappa shape index (κ3) is 2.01. The van der Waals surface area contributed by atoms with Crippen molar-refractivity contribution in [2.45, 2.75) is 52.0 Å². The van der Waals surface area contributed by atoms with Gasteiger partial charge in [0.25, 0.3) is 0 Å². The van der Waals surface area contributed by atoms with Gasteiger partial charge in [0, 0.05) is 12.5 Å². The van der Waals surface area contributed by atoms with Crippen molar-refractivity contribution in [3.05, 3.63) is 0 Å². The number of rotatable bonds is 2. The second-order valence-corrected chi connectivity index (χ2v) is 4.10. The Kier molecular flexibility index (Phi) is 3.17. The van der Waals surface area contributed by atoms with E-state index in [1.807, 2.05) is 6.92 Å². The smallest absolute Gasteiger partial charge is 0.0246 e. The van der Waals surface area contributed by atoms with Crippen LogP contribution in [0.3, 0.4) is 0 Å². The van der Waals surface area contributed by atoms with Crippen LogP contribution >= 0.6 is 0 Å². The quantitative estimate of drug-likeness (QED) is 0.624. The Hall–Kier alpha value is -0.480. The third-order valence-electron chi connectivity index (χ3n) is 3.14. The molecule has 1 fully saturated rings. The molecule has 1 heteroatoms. The second-order valence-electron chi connectivity index (χ2n) is 4.10. The van der Waals surface area contributed by atoms with Gasteiger partial charge in [0.2, 0.25) is 0 Å². The van der Waals surface area contributed by atoms with E-state index in [-0.39, 0.29) is 6.04 Å². The van der Waals surface area contributed by atoms with E-state index >= 15 is 0 Å². The molecule has 0 aliphatic heterocycles. The lowest BCUT2D eigenvalue weighted by Gasteiger charge is -2.29. The predicted octanol–water partition coefficient (Wildman–Crippen LogP) is 2.31. The summed E-state index contributed by atoms with van der Waals surface area (Å²) in [5, 5.41) is 0. The SMILES string of the molecule is CC#CCC(N)C1(C)CCCC1. The second kappa shape index (κ2) is 3.96. The molecule has 0 saturated heterocycles. The van der Waals surface area contributed by atoms with Crippen molar-refractivity contribution in [3.63, 3.8) is 0 Å². The van der Waals surface area contributed by atoms with Crippen LogP contribution in [0.15, 0.2) is 0 Å². The van der Waals surface area contributed by atoms with Crippen LogP contribution in [0.5, 0.6) is 0 Å². The molecular weight excluding hydrogens is 146 g/mol. The van der Waals surface area contributed by atoms with Gasteiger partial charge < -0.3 is 5.73 Å². The first-order valence-electron chi connectivity index (χ1n) is 4.84. The van der Waals surface area contributed by atoms with Crippen molar-refractivity contribution in [1.82, 2.24) is 0 Å². The maximum Gasteiger partial charge on any atom is 0.0246 e. The Morgan fingerprint density at radius 1 is 1.42 bits per heavy atom. The summed E-state index contributed by atoms with van der Waals surface area (Å²) < 4.78 is 0. The highest BCUT2D eigenvalue weighted by molar-refractivity contribution is 5.02. The molecule has 1 unspecified atom stereocenters. The molecule has 1 nitrogen and oxygen atoms in total. The van der Waals surface area contributed by atoms with Gasteiger partial charge in [0.15, 0.2) is 0 Å². The Morgan fingerprint density at radius 3 is 2.50 bits per heavy atom. The van der Waals surface area contributed by atoms with Crippen molar-refractivity contribution >= 4 is 0 Å². The molecule has 0 bridgehead atoms. The standard InChI is InChI=1S/C11H19N/c1-3-4-7-10(12)11(2)8-5-6-9-11/h10H,5-9,12H2,1-2H3. The molecule has 0 spiro atoms. The molecule has 1 saturated carbocycles. The van der Waals surface area contributed by atoms with E-state index in [9.17, 15) is 0 Å². The van der Waals surface area contributed by atoms with Gasteiger partial charge in [-0.2, -0.15) is 0 Å². The fraction of sp³-hybridized carbons (Fsp3) is 0.818. The Balaban J connectivity index is 2.47. The molecule has 0 aromatic carbocycles. The van der Waals surface area contributed by atoms with Crippen LogP contribution in [0.1, 0.15) is 46.0 Å². The molecule has 0 radical (unpaired) electrons. The molecule has 1 rings (SSSR count). The normalized spacial score (nSPS) is 22.9. The predicted molar refractivity (Wildman–Crippen MR) is 52.6 cm³/mol. The van der Waals surface area contributed by atoms with Gasteiger partial charge >= 0.3 is 0 Å². The monoisotopic (exact) mass is 165 g/mol. The maximum absolute atomic E-state index is 6.10. The van der Waals surface area contributed by atoms with E-state index in [2.05, 4.69) is 18.8 Å². The highest BCUT2D eigenvalue weighted by Crippen LogP contribution is 2.40. The summed E-state index contributed by atoms with van der Waals surface area (Å²) in [7, 11) is 0. The molecule has 1 aliphatic rings. The van der Waals surface area contributed by atoms with E-state index in [1.165, 1.54) is 25.7 Å². The van der Waals surface area contributed by atoms with Crippen LogP contribution in [0.2, 0.25) is 0 Å². The highest BCUT2D eigenvalue weighted by Gasteiger charge is 2.33. The molecule has 68 valence electrons. The summed E-state index contributed by atoms with van der Waals surface area (Å²) in [6, 6.07) is 0.285. The zero-order chi connectivity index (χ0) is 9.03. The molecule has 0 heterocycles. The topological polar surface area (TPSA) is 26.0 Å². The van der Waals surface area contributed by atoms with Crippen molar-refractivity contribution in [2.75, 3.05) is 0 Å². The lowest BCUT2D eigenvalue weighted by Crippen LogP contribution is -2.37. The van der Waals surface area contributed by atoms with Crippen LogP contribution < -0.4 is 5.73 Å². The lowest BCUT2D eigenvalue weighted by atomic mass is 9.80. The van der Waals surface area contributed by atoms with Crippen molar-refractivity contribution < 1.29 is 0 Å². The number of nitrogens with two attached hydrogens (primary N) is 1. The Bertz CT molecular complexity index is 191. The number of hydrogen-bond donors (Lipinski definition) is 1. The van der Waals surface area contributed by atoms with Gasteiger partial charge in [0.1, 0.15) is 0 Å². The maximum atomic E-state index is 6.10. The molecule has 12 heavy (non-hydrogen) atoms. The Labute approximate surface area is 75.7 Å². The van der Waals surface area contributed by atoms with Gasteiger partial charge in [-0.3, -0.25) is 0 Å². The molecule has 1 aliphatic carbocycles. The summed E-state index contributed by atoms with van der Waals surface area (Å²) in [6.45, 7) is 4.19. The molecule has 0 aromatic heterocycles. The zero-order valence-electron chi connectivity index (χ0n) is 8.19. The summed E-state index contributed by atoms with van der Waals surface area (Å²) in [5.74, 6) is 5.98. The fourth-order valence-electron chi connectivity index (χ4n) is 2.01. The van der Waals surface area contributed by atoms with Crippen molar-refractivity contribution in [3.8, 4) is 11.8 Å². The fourth-order valence-corrected chi connectivity index (χ4v) is 2.01.